The van der Waals surface area contributed by atoms with E-state index >= 15 is 0 Å². The zero-order valence-corrected chi connectivity index (χ0v) is 18.7. The van der Waals surface area contributed by atoms with Crippen LogP contribution in [-0.2, 0) is 48.6 Å². The molecule has 2 saturated heterocycles. The average molecular weight is 527 g/mol. The number of nitrogens with one attached hydrogen (secondary N) is 1. The largest absolute Gasteiger partial charge is 0.479 e. The summed E-state index contributed by atoms with van der Waals surface area (Å²) >= 11 is 0. The summed E-state index contributed by atoms with van der Waals surface area (Å²) < 4.78 is 89.8. The summed E-state index contributed by atoms with van der Waals surface area (Å²) in [6.07, 6.45) is -14.6. The first-order valence-electron chi connectivity index (χ1n) is 9.19. The summed E-state index contributed by atoms with van der Waals surface area (Å²) in [7, 11) is -9.10. The highest BCUT2D eigenvalue weighted by molar-refractivity contribution is 7.83. The minimum Gasteiger partial charge on any atom is -0.479 e. The number of hydrogen-bond donors (Lipinski definition) is 7. The van der Waals surface area contributed by atoms with E-state index in [1.54, 1.807) is 4.72 Å². The first kappa shape index (κ1) is 28.2. The van der Waals surface area contributed by atoms with E-state index in [-0.39, 0.29) is 0 Å². The summed E-state index contributed by atoms with van der Waals surface area (Å²) in [5.41, 5.74) is 0. The molecule has 19 heteroatoms. The van der Waals surface area contributed by atoms with Crippen molar-refractivity contribution < 1.29 is 74.3 Å². The van der Waals surface area contributed by atoms with Gasteiger partial charge in [0.2, 0.25) is 0 Å². The lowest BCUT2D eigenvalue weighted by Gasteiger charge is -2.47. The summed E-state index contributed by atoms with van der Waals surface area (Å²) in [5, 5.41) is 40.0. The fourth-order valence-electron chi connectivity index (χ4n) is 3.51. The van der Waals surface area contributed by atoms with Crippen LogP contribution in [0.3, 0.4) is 0 Å². The van der Waals surface area contributed by atoms with E-state index in [2.05, 4.69) is 4.18 Å². The third kappa shape index (κ3) is 6.97. The van der Waals surface area contributed by atoms with Gasteiger partial charge in [-0.1, -0.05) is 6.92 Å². The maximum Gasteiger partial charge on any atom is 0.397 e. The van der Waals surface area contributed by atoms with Gasteiger partial charge in [0, 0.05) is 13.0 Å². The predicted octanol–water partition coefficient (Wildman–Crippen LogP) is -4.15. The molecule has 0 aromatic rings. The van der Waals surface area contributed by atoms with E-state index in [1.807, 2.05) is 0 Å². The monoisotopic (exact) mass is 527 g/mol. The fraction of sp³-hybridized carbons (Fsp3) is 0.929. The van der Waals surface area contributed by atoms with E-state index < -0.39 is 94.4 Å². The summed E-state index contributed by atoms with van der Waals surface area (Å²) in [6, 6.07) is -1.73. The Labute approximate surface area is 188 Å². The zero-order valence-electron chi connectivity index (χ0n) is 17.1. The number of aliphatic carboxylic acids is 1. The molecular formula is C14H25NO16S2. The Morgan fingerprint density at radius 3 is 2.09 bits per heavy atom. The van der Waals surface area contributed by atoms with Gasteiger partial charge < -0.3 is 39.4 Å². The molecule has 2 fully saturated rings. The van der Waals surface area contributed by atoms with Crippen LogP contribution < -0.4 is 4.72 Å². The number of carbonyl (C=O) groups is 1. The van der Waals surface area contributed by atoms with Gasteiger partial charge in [-0.05, 0) is 0 Å². The van der Waals surface area contributed by atoms with Crippen molar-refractivity contribution in [1.82, 2.24) is 4.72 Å². The highest BCUT2D eigenvalue weighted by Gasteiger charge is 2.53. The Hall–Kier alpha value is -1.07. The maximum atomic E-state index is 11.5. The van der Waals surface area contributed by atoms with Crippen LogP contribution >= 0.6 is 0 Å². The number of methoxy groups -OCH3 is 1. The minimum absolute atomic E-state index is 0.877. The summed E-state index contributed by atoms with van der Waals surface area (Å²) in [5.74, 6) is -2.84. The smallest absolute Gasteiger partial charge is 0.397 e. The molecule has 2 aliphatic heterocycles. The molecule has 194 valence electrons. The molecule has 2 rings (SSSR count). The van der Waals surface area contributed by atoms with Gasteiger partial charge in [-0.15, -0.1) is 0 Å². The van der Waals surface area contributed by atoms with Gasteiger partial charge in [-0.3, -0.25) is 9.11 Å². The lowest BCUT2D eigenvalue weighted by molar-refractivity contribution is -0.333. The van der Waals surface area contributed by atoms with Crippen molar-refractivity contribution in [2.75, 3.05) is 13.7 Å². The normalized spacial score (nSPS) is 40.5. The van der Waals surface area contributed by atoms with Gasteiger partial charge in [0.15, 0.2) is 24.8 Å². The van der Waals surface area contributed by atoms with Crippen LogP contribution in [0.1, 0.15) is 6.92 Å². The number of carboxylic acids is 1. The Bertz CT molecular complexity index is 895. The van der Waals surface area contributed by atoms with Crippen molar-refractivity contribution in [3.63, 3.8) is 0 Å². The first-order valence-corrected chi connectivity index (χ1v) is 12.0. The molecule has 2 heterocycles. The van der Waals surface area contributed by atoms with Crippen LogP contribution in [0.4, 0.5) is 0 Å². The molecule has 0 radical (unpaired) electrons. The average Bonchev–Trinajstić information content (AvgIpc) is 2.68. The van der Waals surface area contributed by atoms with Gasteiger partial charge in [-0.2, -0.15) is 21.6 Å². The van der Waals surface area contributed by atoms with Gasteiger partial charge in [0.05, 0.1) is 12.7 Å². The third-order valence-electron chi connectivity index (χ3n) is 5.04. The molecule has 17 nitrogen and oxygen atoms in total. The topological polar surface area (TPSA) is 265 Å². The maximum absolute atomic E-state index is 11.5. The summed E-state index contributed by atoms with van der Waals surface area (Å²) in [6.45, 7) is 0.308. The minimum atomic E-state index is -5.23. The molecule has 0 aromatic carbocycles. The Morgan fingerprint density at radius 2 is 1.64 bits per heavy atom. The molecule has 0 amide bonds. The van der Waals surface area contributed by atoms with Crippen molar-refractivity contribution in [2.45, 2.75) is 62.2 Å². The number of aliphatic hydroxyl groups is 3. The fourth-order valence-corrected chi connectivity index (χ4v) is 4.59. The van der Waals surface area contributed by atoms with Gasteiger partial charge >= 0.3 is 26.7 Å². The quantitative estimate of drug-likeness (QED) is 0.140. The van der Waals surface area contributed by atoms with Gasteiger partial charge in [-0.25, -0.2) is 8.98 Å². The molecular weight excluding hydrogens is 502 g/mol. The van der Waals surface area contributed by atoms with E-state index in [0.29, 0.717) is 0 Å². The van der Waals surface area contributed by atoms with Gasteiger partial charge in [0.1, 0.15) is 24.4 Å². The van der Waals surface area contributed by atoms with Crippen LogP contribution in [0.15, 0.2) is 0 Å². The Morgan fingerprint density at radius 1 is 1.03 bits per heavy atom. The molecule has 7 N–H and O–H groups in total. The molecule has 0 unspecified atom stereocenters. The molecule has 0 aliphatic carbocycles. The van der Waals surface area contributed by atoms with Crippen LogP contribution in [0, 0.1) is 5.92 Å². The third-order valence-corrected chi connectivity index (χ3v) is 6.08. The number of aliphatic hydroxyl groups excluding tert-OH is 3. The highest BCUT2D eigenvalue weighted by Crippen LogP contribution is 2.33. The Kier molecular flexibility index (Phi) is 9.12. The van der Waals surface area contributed by atoms with Crippen molar-refractivity contribution in [1.29, 1.82) is 0 Å². The van der Waals surface area contributed by atoms with Crippen molar-refractivity contribution in [3.8, 4) is 0 Å². The van der Waals surface area contributed by atoms with E-state index in [0.717, 1.165) is 7.11 Å². The van der Waals surface area contributed by atoms with Crippen LogP contribution in [0.5, 0.6) is 0 Å². The van der Waals surface area contributed by atoms with Crippen molar-refractivity contribution in [3.05, 3.63) is 0 Å². The second-order valence-electron chi connectivity index (χ2n) is 7.27. The van der Waals surface area contributed by atoms with Crippen molar-refractivity contribution >= 4 is 26.7 Å². The van der Waals surface area contributed by atoms with E-state index in [9.17, 15) is 42.1 Å². The van der Waals surface area contributed by atoms with Crippen molar-refractivity contribution in [2.24, 2.45) is 5.92 Å². The highest BCUT2D eigenvalue weighted by atomic mass is 32.3. The second kappa shape index (κ2) is 10.7. The van der Waals surface area contributed by atoms with Crippen LogP contribution in [0.2, 0.25) is 0 Å². The summed E-state index contributed by atoms with van der Waals surface area (Å²) in [4.78, 5) is 11.5. The van der Waals surface area contributed by atoms with Crippen LogP contribution in [-0.4, -0.2) is 121 Å². The molecule has 33 heavy (non-hydrogen) atoms. The van der Waals surface area contributed by atoms with Gasteiger partial charge in [0.25, 0.3) is 0 Å². The molecule has 2 aliphatic rings. The number of carboxylic acid groups (broad SMARTS) is 1. The number of hydrogen-bond acceptors (Lipinski definition) is 13. The molecule has 10 atom stereocenters. The van der Waals surface area contributed by atoms with E-state index in [1.165, 1.54) is 6.92 Å². The number of rotatable bonds is 9. The zero-order chi connectivity index (χ0) is 25.3. The Balaban J connectivity index is 2.40. The standard InChI is InChI=1S/C14H25NO16S2/c1-4-7(17)11(31-33(24,25)26)14(29-9(4)12(19)20)30-10-5(3-16)28-13(27-2)6(8(10)18)15-32(21,22)23/h4-11,13-18H,3H2,1-2H3,(H,19,20)(H,21,22,23)(H,24,25,26)/t4-,5+,6+,7-,8-,9+,10+,11+,13-,14-/m0/s1. The molecule has 0 bridgehead atoms. The SMILES string of the molecule is CO[C@H]1O[C@H](CO)[C@@H](O[C@@H]2O[C@@H](C(=O)O)[C@@H](C)[C@H](O)[C@H]2OS(=O)(=O)O)[C@@H](O)[C@H]1NS(=O)(=O)O. The number of ether oxygens (including phenoxy) is 4. The predicted molar refractivity (Wildman–Crippen MR) is 100.0 cm³/mol. The molecule has 0 saturated carbocycles. The second-order valence-corrected chi connectivity index (χ2v) is 9.51. The molecule has 0 aromatic heterocycles. The lowest BCUT2D eigenvalue weighted by Crippen LogP contribution is -2.67. The first-order chi connectivity index (χ1) is 15.1. The van der Waals surface area contributed by atoms with Crippen LogP contribution in [0.25, 0.3) is 0 Å². The molecule has 0 spiro atoms. The lowest BCUT2D eigenvalue weighted by atomic mass is 9.90. The van der Waals surface area contributed by atoms with E-state index in [4.69, 9.17) is 28.1 Å².